The standard InChI is InChI=1S/C11H22N2O2/c1-2-3-5-12-6-4-7-13(9-8-12)10-11(14)15/h2-10H2,1H3,(H,14,15). The van der Waals surface area contributed by atoms with Gasteiger partial charge in [0.2, 0.25) is 0 Å². The van der Waals surface area contributed by atoms with Gasteiger partial charge in [0.25, 0.3) is 0 Å². The van der Waals surface area contributed by atoms with Crippen molar-refractivity contribution in [2.45, 2.75) is 26.2 Å². The van der Waals surface area contributed by atoms with Gasteiger partial charge in [-0.1, -0.05) is 13.3 Å². The first-order chi connectivity index (χ1) is 7.22. The Hall–Kier alpha value is -0.610. The van der Waals surface area contributed by atoms with Crippen LogP contribution in [0.25, 0.3) is 0 Å². The molecule has 0 aromatic heterocycles. The van der Waals surface area contributed by atoms with E-state index in [1.165, 1.54) is 12.8 Å². The molecular formula is C11H22N2O2. The molecule has 0 radical (unpaired) electrons. The minimum absolute atomic E-state index is 0.196. The van der Waals surface area contributed by atoms with Crippen molar-refractivity contribution >= 4 is 5.97 Å². The second-order valence-corrected chi connectivity index (χ2v) is 4.22. The molecule has 0 unspecified atom stereocenters. The maximum Gasteiger partial charge on any atom is 0.317 e. The van der Waals surface area contributed by atoms with E-state index in [4.69, 9.17) is 5.11 Å². The maximum absolute atomic E-state index is 10.6. The van der Waals surface area contributed by atoms with Crippen molar-refractivity contribution in [3.05, 3.63) is 0 Å². The number of carboxylic acids is 1. The Morgan fingerprint density at radius 2 is 1.87 bits per heavy atom. The SMILES string of the molecule is CCCCN1CCCN(CC(=O)O)CC1. The fourth-order valence-corrected chi connectivity index (χ4v) is 1.98. The van der Waals surface area contributed by atoms with Crippen LogP contribution >= 0.6 is 0 Å². The number of hydrogen-bond acceptors (Lipinski definition) is 3. The van der Waals surface area contributed by atoms with Crippen LogP contribution < -0.4 is 0 Å². The van der Waals surface area contributed by atoms with E-state index in [0.717, 1.165) is 39.1 Å². The number of carbonyl (C=O) groups is 1. The molecule has 1 rings (SSSR count). The second kappa shape index (κ2) is 6.80. The molecule has 4 heteroatoms. The lowest BCUT2D eigenvalue weighted by molar-refractivity contribution is -0.138. The van der Waals surface area contributed by atoms with E-state index >= 15 is 0 Å². The summed E-state index contributed by atoms with van der Waals surface area (Å²) in [7, 11) is 0. The normalized spacial score (nSPS) is 20.1. The summed E-state index contributed by atoms with van der Waals surface area (Å²) in [6.45, 7) is 7.53. The van der Waals surface area contributed by atoms with E-state index in [1.54, 1.807) is 0 Å². The van der Waals surface area contributed by atoms with Gasteiger partial charge in [0, 0.05) is 19.6 Å². The van der Waals surface area contributed by atoms with Gasteiger partial charge in [-0.25, -0.2) is 0 Å². The summed E-state index contributed by atoms with van der Waals surface area (Å²) in [6, 6.07) is 0. The monoisotopic (exact) mass is 214 g/mol. The van der Waals surface area contributed by atoms with Crippen molar-refractivity contribution in [3.8, 4) is 0 Å². The van der Waals surface area contributed by atoms with Crippen molar-refractivity contribution in [1.82, 2.24) is 9.80 Å². The van der Waals surface area contributed by atoms with E-state index in [1.807, 2.05) is 4.90 Å². The molecule has 0 atom stereocenters. The quantitative estimate of drug-likeness (QED) is 0.738. The highest BCUT2D eigenvalue weighted by Gasteiger charge is 2.15. The summed E-state index contributed by atoms with van der Waals surface area (Å²) < 4.78 is 0. The molecule has 1 saturated heterocycles. The fourth-order valence-electron chi connectivity index (χ4n) is 1.98. The van der Waals surface area contributed by atoms with E-state index in [2.05, 4.69) is 11.8 Å². The summed E-state index contributed by atoms with van der Waals surface area (Å²) in [4.78, 5) is 15.1. The third kappa shape index (κ3) is 5.14. The van der Waals surface area contributed by atoms with Crippen molar-refractivity contribution in [2.75, 3.05) is 39.3 Å². The van der Waals surface area contributed by atoms with E-state index < -0.39 is 5.97 Å². The van der Waals surface area contributed by atoms with Gasteiger partial charge in [0.1, 0.15) is 0 Å². The number of aliphatic carboxylic acids is 1. The maximum atomic E-state index is 10.6. The number of unbranched alkanes of at least 4 members (excludes halogenated alkanes) is 1. The zero-order valence-electron chi connectivity index (χ0n) is 9.61. The van der Waals surface area contributed by atoms with Crippen molar-refractivity contribution in [3.63, 3.8) is 0 Å². The molecule has 0 bridgehead atoms. The van der Waals surface area contributed by atoms with E-state index in [0.29, 0.717) is 0 Å². The molecule has 1 aliphatic rings. The Kier molecular flexibility index (Phi) is 5.65. The van der Waals surface area contributed by atoms with Gasteiger partial charge < -0.3 is 10.0 Å². The molecule has 0 amide bonds. The second-order valence-electron chi connectivity index (χ2n) is 4.22. The average Bonchev–Trinajstić information content (AvgIpc) is 2.40. The molecule has 15 heavy (non-hydrogen) atoms. The zero-order chi connectivity index (χ0) is 11.1. The zero-order valence-corrected chi connectivity index (χ0v) is 9.61. The van der Waals surface area contributed by atoms with Gasteiger partial charge in [0.05, 0.1) is 6.54 Å². The molecule has 0 spiro atoms. The number of nitrogens with zero attached hydrogens (tertiary/aromatic N) is 2. The Morgan fingerprint density at radius 1 is 1.20 bits per heavy atom. The first-order valence-electron chi connectivity index (χ1n) is 5.89. The summed E-state index contributed by atoms with van der Waals surface area (Å²) in [5, 5.41) is 8.71. The highest BCUT2D eigenvalue weighted by molar-refractivity contribution is 5.69. The van der Waals surface area contributed by atoms with Gasteiger partial charge in [-0.05, 0) is 25.9 Å². The van der Waals surface area contributed by atoms with Crippen LogP contribution in [-0.2, 0) is 4.79 Å². The molecular weight excluding hydrogens is 192 g/mol. The highest BCUT2D eigenvalue weighted by atomic mass is 16.4. The van der Waals surface area contributed by atoms with Crippen molar-refractivity contribution < 1.29 is 9.90 Å². The molecule has 0 aromatic carbocycles. The minimum Gasteiger partial charge on any atom is -0.480 e. The Morgan fingerprint density at radius 3 is 2.53 bits per heavy atom. The summed E-state index contributed by atoms with van der Waals surface area (Å²) in [5.74, 6) is -0.711. The third-order valence-electron chi connectivity index (χ3n) is 2.87. The van der Waals surface area contributed by atoms with Gasteiger partial charge in [-0.3, -0.25) is 9.69 Å². The molecule has 88 valence electrons. The van der Waals surface area contributed by atoms with Crippen molar-refractivity contribution in [2.24, 2.45) is 0 Å². The average molecular weight is 214 g/mol. The lowest BCUT2D eigenvalue weighted by Crippen LogP contribution is -2.34. The van der Waals surface area contributed by atoms with E-state index in [9.17, 15) is 4.79 Å². The topological polar surface area (TPSA) is 43.8 Å². The van der Waals surface area contributed by atoms with Gasteiger partial charge in [0.15, 0.2) is 0 Å². The van der Waals surface area contributed by atoms with Crippen LogP contribution in [0.1, 0.15) is 26.2 Å². The Labute approximate surface area is 91.9 Å². The molecule has 1 aliphatic heterocycles. The Balaban J connectivity index is 2.25. The van der Waals surface area contributed by atoms with Gasteiger partial charge in [-0.2, -0.15) is 0 Å². The lowest BCUT2D eigenvalue weighted by atomic mass is 10.3. The van der Waals surface area contributed by atoms with Crippen LogP contribution in [0.4, 0.5) is 0 Å². The fraction of sp³-hybridized carbons (Fsp3) is 0.909. The molecule has 1 N–H and O–H groups in total. The predicted molar refractivity (Wildman–Crippen MR) is 60.0 cm³/mol. The molecule has 0 saturated carbocycles. The predicted octanol–water partition coefficient (Wildman–Crippen LogP) is 0.879. The first-order valence-corrected chi connectivity index (χ1v) is 5.89. The van der Waals surface area contributed by atoms with Crippen LogP contribution in [0, 0.1) is 0 Å². The van der Waals surface area contributed by atoms with Gasteiger partial charge in [-0.15, -0.1) is 0 Å². The first kappa shape index (κ1) is 12.5. The smallest absolute Gasteiger partial charge is 0.317 e. The Bertz CT molecular complexity index is 197. The minimum atomic E-state index is -0.711. The summed E-state index contributed by atoms with van der Waals surface area (Å²) >= 11 is 0. The largest absolute Gasteiger partial charge is 0.480 e. The van der Waals surface area contributed by atoms with Crippen LogP contribution in [0.15, 0.2) is 0 Å². The van der Waals surface area contributed by atoms with Crippen LogP contribution in [-0.4, -0.2) is 60.1 Å². The molecule has 4 nitrogen and oxygen atoms in total. The number of rotatable bonds is 5. The lowest BCUT2D eigenvalue weighted by Gasteiger charge is -2.20. The van der Waals surface area contributed by atoms with Gasteiger partial charge >= 0.3 is 5.97 Å². The molecule has 1 fully saturated rings. The molecule has 1 heterocycles. The van der Waals surface area contributed by atoms with Crippen LogP contribution in [0.2, 0.25) is 0 Å². The molecule has 0 aliphatic carbocycles. The number of hydrogen-bond donors (Lipinski definition) is 1. The van der Waals surface area contributed by atoms with Crippen LogP contribution in [0.3, 0.4) is 0 Å². The summed E-state index contributed by atoms with van der Waals surface area (Å²) in [5.41, 5.74) is 0. The van der Waals surface area contributed by atoms with Crippen molar-refractivity contribution in [1.29, 1.82) is 0 Å². The number of carboxylic acid groups (broad SMARTS) is 1. The van der Waals surface area contributed by atoms with E-state index in [-0.39, 0.29) is 6.54 Å². The third-order valence-corrected chi connectivity index (χ3v) is 2.87. The van der Waals surface area contributed by atoms with Crippen LogP contribution in [0.5, 0.6) is 0 Å². The molecule has 0 aromatic rings. The highest BCUT2D eigenvalue weighted by Crippen LogP contribution is 2.04. The summed E-state index contributed by atoms with van der Waals surface area (Å²) in [6.07, 6.45) is 3.57.